The third-order valence-electron chi connectivity index (χ3n) is 3.47. The highest BCUT2D eigenvalue weighted by Crippen LogP contribution is 2.17. The Bertz CT molecular complexity index is 564. The lowest BCUT2D eigenvalue weighted by Crippen LogP contribution is -2.41. The van der Waals surface area contributed by atoms with Crippen LogP contribution in [0.1, 0.15) is 37.9 Å². The van der Waals surface area contributed by atoms with Crippen LogP contribution in [0.25, 0.3) is 0 Å². The number of benzene rings is 1. The molecular formula is C18H22N2O. The number of aryl methyl sites for hydroxylation is 1. The summed E-state index contributed by atoms with van der Waals surface area (Å²) in [6, 6.07) is 16.0. The summed E-state index contributed by atoms with van der Waals surface area (Å²) in [5, 5.41) is 3.06. The van der Waals surface area contributed by atoms with Gasteiger partial charge < -0.3 is 5.32 Å². The Morgan fingerprint density at radius 2 is 1.81 bits per heavy atom. The molecule has 21 heavy (non-hydrogen) atoms. The van der Waals surface area contributed by atoms with Crippen LogP contribution >= 0.6 is 0 Å². The van der Waals surface area contributed by atoms with Gasteiger partial charge in [0, 0.05) is 12.6 Å². The minimum Gasteiger partial charge on any atom is -0.346 e. The van der Waals surface area contributed by atoms with Gasteiger partial charge in [-0.25, -0.2) is 0 Å². The van der Waals surface area contributed by atoms with E-state index >= 15 is 0 Å². The number of aromatic nitrogens is 1. The number of hydrogen-bond donors (Lipinski definition) is 1. The maximum absolute atomic E-state index is 12.1. The van der Waals surface area contributed by atoms with E-state index in [0.717, 1.165) is 18.5 Å². The normalized spacial score (nSPS) is 11.1. The zero-order valence-electron chi connectivity index (χ0n) is 12.7. The van der Waals surface area contributed by atoms with Crippen LogP contribution in [0.15, 0.2) is 54.7 Å². The lowest BCUT2D eigenvalue weighted by molar-refractivity contribution is -0.122. The van der Waals surface area contributed by atoms with E-state index in [0.29, 0.717) is 6.42 Å². The van der Waals surface area contributed by atoms with Crippen molar-refractivity contribution >= 4 is 5.91 Å². The van der Waals surface area contributed by atoms with Crippen LogP contribution in [0.4, 0.5) is 0 Å². The van der Waals surface area contributed by atoms with Gasteiger partial charge in [-0.05, 0) is 44.4 Å². The topological polar surface area (TPSA) is 42.0 Å². The van der Waals surface area contributed by atoms with Crippen molar-refractivity contribution in [2.24, 2.45) is 0 Å². The first-order chi connectivity index (χ1) is 10.1. The number of hydrogen-bond acceptors (Lipinski definition) is 2. The fourth-order valence-electron chi connectivity index (χ4n) is 2.31. The van der Waals surface area contributed by atoms with Gasteiger partial charge in [-0.15, -0.1) is 0 Å². The van der Waals surface area contributed by atoms with E-state index in [9.17, 15) is 4.79 Å². The summed E-state index contributed by atoms with van der Waals surface area (Å²) in [5.41, 5.74) is 1.71. The Kier molecular flexibility index (Phi) is 5.09. The zero-order valence-corrected chi connectivity index (χ0v) is 12.7. The molecular weight excluding hydrogens is 260 g/mol. The molecule has 0 unspecified atom stereocenters. The molecule has 3 nitrogen and oxygen atoms in total. The van der Waals surface area contributed by atoms with E-state index in [1.165, 1.54) is 5.56 Å². The molecule has 1 aromatic heterocycles. The van der Waals surface area contributed by atoms with Crippen molar-refractivity contribution in [2.75, 3.05) is 0 Å². The zero-order chi connectivity index (χ0) is 15.1. The van der Waals surface area contributed by atoms with Crippen molar-refractivity contribution in [3.63, 3.8) is 0 Å². The SMILES string of the molecule is CC(C)(NC(=O)CCCc1ccccc1)c1ccccn1. The molecule has 1 heterocycles. The van der Waals surface area contributed by atoms with E-state index in [-0.39, 0.29) is 5.91 Å². The van der Waals surface area contributed by atoms with Crippen molar-refractivity contribution in [1.29, 1.82) is 0 Å². The predicted octanol–water partition coefficient (Wildman–Crippen LogP) is 3.46. The minimum atomic E-state index is -0.439. The van der Waals surface area contributed by atoms with Crippen LogP contribution < -0.4 is 5.32 Å². The van der Waals surface area contributed by atoms with Crippen LogP contribution in [0.5, 0.6) is 0 Å². The number of rotatable bonds is 6. The summed E-state index contributed by atoms with van der Waals surface area (Å²) in [5.74, 6) is 0.0709. The van der Waals surface area contributed by atoms with Gasteiger partial charge in [-0.2, -0.15) is 0 Å². The number of nitrogens with zero attached hydrogens (tertiary/aromatic N) is 1. The molecule has 0 spiro atoms. The Labute approximate surface area is 126 Å². The fraction of sp³-hybridized carbons (Fsp3) is 0.333. The minimum absolute atomic E-state index is 0.0709. The second-order valence-corrected chi connectivity index (χ2v) is 5.73. The quantitative estimate of drug-likeness (QED) is 0.881. The lowest BCUT2D eigenvalue weighted by atomic mass is 9.99. The van der Waals surface area contributed by atoms with Gasteiger partial charge >= 0.3 is 0 Å². The Balaban J connectivity index is 1.82. The average Bonchev–Trinajstić information content (AvgIpc) is 2.49. The molecule has 0 aliphatic rings. The van der Waals surface area contributed by atoms with E-state index in [2.05, 4.69) is 22.4 Å². The van der Waals surface area contributed by atoms with Crippen LogP contribution in [-0.4, -0.2) is 10.9 Å². The Morgan fingerprint density at radius 1 is 1.10 bits per heavy atom. The molecule has 1 amide bonds. The summed E-state index contributed by atoms with van der Waals surface area (Å²) in [7, 11) is 0. The molecule has 0 aliphatic carbocycles. The number of amides is 1. The van der Waals surface area contributed by atoms with E-state index in [4.69, 9.17) is 0 Å². The molecule has 2 rings (SSSR count). The second-order valence-electron chi connectivity index (χ2n) is 5.73. The van der Waals surface area contributed by atoms with Crippen molar-refractivity contribution in [3.05, 3.63) is 66.0 Å². The van der Waals surface area contributed by atoms with Crippen LogP contribution in [-0.2, 0) is 16.8 Å². The maximum Gasteiger partial charge on any atom is 0.220 e. The Morgan fingerprint density at radius 3 is 2.48 bits per heavy atom. The first-order valence-corrected chi connectivity index (χ1v) is 7.34. The molecule has 0 aliphatic heterocycles. The molecule has 0 saturated carbocycles. The van der Waals surface area contributed by atoms with Crippen molar-refractivity contribution in [1.82, 2.24) is 10.3 Å². The summed E-state index contributed by atoms with van der Waals surface area (Å²) in [6.45, 7) is 3.95. The van der Waals surface area contributed by atoms with Gasteiger partial charge in [0.15, 0.2) is 0 Å². The molecule has 110 valence electrons. The first-order valence-electron chi connectivity index (χ1n) is 7.34. The molecule has 0 radical (unpaired) electrons. The van der Waals surface area contributed by atoms with Crippen LogP contribution in [0.3, 0.4) is 0 Å². The highest BCUT2D eigenvalue weighted by molar-refractivity contribution is 5.76. The summed E-state index contributed by atoms with van der Waals surface area (Å²) in [4.78, 5) is 16.4. The molecule has 3 heteroatoms. The van der Waals surface area contributed by atoms with Crippen LogP contribution in [0.2, 0.25) is 0 Å². The third-order valence-corrected chi connectivity index (χ3v) is 3.47. The van der Waals surface area contributed by atoms with Crippen molar-refractivity contribution in [2.45, 2.75) is 38.6 Å². The maximum atomic E-state index is 12.1. The van der Waals surface area contributed by atoms with Gasteiger partial charge in [0.25, 0.3) is 0 Å². The number of nitrogens with one attached hydrogen (secondary N) is 1. The van der Waals surface area contributed by atoms with Gasteiger partial charge in [-0.3, -0.25) is 9.78 Å². The molecule has 0 fully saturated rings. The molecule has 0 saturated heterocycles. The molecule has 2 aromatic rings. The number of carbonyl (C=O) groups is 1. The lowest BCUT2D eigenvalue weighted by Gasteiger charge is -2.25. The molecule has 1 aromatic carbocycles. The van der Waals surface area contributed by atoms with Gasteiger partial charge in [-0.1, -0.05) is 36.4 Å². The fourth-order valence-corrected chi connectivity index (χ4v) is 2.31. The van der Waals surface area contributed by atoms with E-state index in [1.807, 2.05) is 50.2 Å². The highest BCUT2D eigenvalue weighted by atomic mass is 16.1. The largest absolute Gasteiger partial charge is 0.346 e. The highest BCUT2D eigenvalue weighted by Gasteiger charge is 2.23. The standard InChI is InChI=1S/C18H22N2O/c1-18(2,16-12-6-7-14-19-16)20-17(21)13-8-11-15-9-4-3-5-10-15/h3-7,9-10,12,14H,8,11,13H2,1-2H3,(H,20,21). The first kappa shape index (κ1) is 15.2. The van der Waals surface area contributed by atoms with E-state index < -0.39 is 5.54 Å². The van der Waals surface area contributed by atoms with E-state index in [1.54, 1.807) is 6.20 Å². The second kappa shape index (κ2) is 7.02. The smallest absolute Gasteiger partial charge is 0.220 e. The molecule has 1 N–H and O–H groups in total. The number of pyridine rings is 1. The van der Waals surface area contributed by atoms with Gasteiger partial charge in [0.1, 0.15) is 0 Å². The molecule has 0 atom stereocenters. The van der Waals surface area contributed by atoms with Gasteiger partial charge in [0.05, 0.1) is 11.2 Å². The third kappa shape index (κ3) is 4.71. The number of carbonyl (C=O) groups excluding carboxylic acids is 1. The summed E-state index contributed by atoms with van der Waals surface area (Å²) < 4.78 is 0. The summed E-state index contributed by atoms with van der Waals surface area (Å²) >= 11 is 0. The Hall–Kier alpha value is -2.16. The van der Waals surface area contributed by atoms with Crippen molar-refractivity contribution < 1.29 is 4.79 Å². The van der Waals surface area contributed by atoms with Crippen molar-refractivity contribution in [3.8, 4) is 0 Å². The summed E-state index contributed by atoms with van der Waals surface area (Å²) in [6.07, 6.45) is 4.07. The predicted molar refractivity (Wildman–Crippen MR) is 84.8 cm³/mol. The van der Waals surface area contributed by atoms with Crippen LogP contribution in [0, 0.1) is 0 Å². The average molecular weight is 282 g/mol. The monoisotopic (exact) mass is 282 g/mol. The molecule has 0 bridgehead atoms. The van der Waals surface area contributed by atoms with Gasteiger partial charge in [0.2, 0.25) is 5.91 Å².